The lowest BCUT2D eigenvalue weighted by Crippen LogP contribution is -2.48. The van der Waals surface area contributed by atoms with Crippen molar-refractivity contribution in [2.24, 2.45) is 10.8 Å². The molecule has 2 nitrogen and oxygen atoms in total. The number of rotatable bonds is 2. The van der Waals surface area contributed by atoms with Gasteiger partial charge in [0.05, 0.1) is 24.7 Å². The molecule has 2 heteroatoms. The van der Waals surface area contributed by atoms with E-state index in [9.17, 15) is 0 Å². The summed E-state index contributed by atoms with van der Waals surface area (Å²) in [5, 5.41) is 8.98. The average Bonchev–Trinajstić information content (AvgIpc) is 2.68. The predicted octanol–water partition coefficient (Wildman–Crippen LogP) is 1.72. The fourth-order valence-electron chi connectivity index (χ4n) is 2.05. The van der Waals surface area contributed by atoms with Gasteiger partial charge in [0.1, 0.15) is 0 Å². The van der Waals surface area contributed by atoms with Crippen LogP contribution >= 0.6 is 0 Å². The van der Waals surface area contributed by atoms with Crippen LogP contribution < -0.4 is 0 Å². The molecule has 0 aromatic rings. The molecule has 0 bridgehead atoms. The summed E-state index contributed by atoms with van der Waals surface area (Å²) in [5.74, 6) is 0. The van der Waals surface area contributed by atoms with Crippen LogP contribution in [0.15, 0.2) is 0 Å². The molecule has 2 aliphatic rings. The molecule has 0 N–H and O–H groups in total. The highest BCUT2D eigenvalue weighted by Gasteiger charge is 2.62. The van der Waals surface area contributed by atoms with Crippen molar-refractivity contribution in [3.05, 3.63) is 0 Å². The van der Waals surface area contributed by atoms with Gasteiger partial charge in [-0.05, 0) is 19.3 Å². The number of ether oxygens (including phenoxy) is 1. The third-order valence-corrected chi connectivity index (χ3v) is 3.41. The summed E-state index contributed by atoms with van der Waals surface area (Å²) in [6, 6.07) is 2.47. The molecule has 0 amide bonds. The van der Waals surface area contributed by atoms with Gasteiger partial charge in [-0.3, -0.25) is 0 Å². The Balaban J connectivity index is 2.19. The number of hydrogen-bond acceptors (Lipinski definition) is 2. The Hall–Kier alpha value is -0.550. The van der Waals surface area contributed by atoms with Crippen LogP contribution in [0.2, 0.25) is 0 Å². The summed E-state index contributed by atoms with van der Waals surface area (Å²) >= 11 is 0. The van der Waals surface area contributed by atoms with Crippen LogP contribution in [-0.4, -0.2) is 13.2 Å². The first-order valence-corrected chi connectivity index (χ1v) is 4.28. The summed E-state index contributed by atoms with van der Waals surface area (Å²) in [5.41, 5.74) is 0.252. The van der Waals surface area contributed by atoms with Crippen molar-refractivity contribution in [3.63, 3.8) is 0 Å². The van der Waals surface area contributed by atoms with E-state index in [2.05, 4.69) is 13.0 Å². The molecule has 0 radical (unpaired) electrons. The van der Waals surface area contributed by atoms with Gasteiger partial charge < -0.3 is 4.74 Å². The number of nitrogens with zero attached hydrogens (tertiary/aromatic N) is 1. The van der Waals surface area contributed by atoms with Crippen molar-refractivity contribution in [2.75, 3.05) is 13.2 Å². The fourth-order valence-corrected chi connectivity index (χ4v) is 2.05. The maximum absolute atomic E-state index is 8.98. The van der Waals surface area contributed by atoms with Gasteiger partial charge in [-0.25, -0.2) is 0 Å². The van der Waals surface area contributed by atoms with Gasteiger partial charge in [-0.15, -0.1) is 0 Å². The minimum Gasteiger partial charge on any atom is -0.380 e. The Labute approximate surface area is 67.2 Å². The molecule has 1 heterocycles. The van der Waals surface area contributed by atoms with Gasteiger partial charge in [-0.1, -0.05) is 6.92 Å². The highest BCUT2D eigenvalue weighted by molar-refractivity contribution is 5.20. The second-order valence-electron chi connectivity index (χ2n) is 3.82. The Morgan fingerprint density at radius 2 is 2.09 bits per heavy atom. The summed E-state index contributed by atoms with van der Waals surface area (Å²) in [7, 11) is 0. The second-order valence-corrected chi connectivity index (χ2v) is 3.82. The first-order chi connectivity index (χ1) is 5.29. The lowest BCUT2D eigenvalue weighted by molar-refractivity contribution is -0.144. The number of nitriles is 1. The molecule has 1 aliphatic heterocycles. The Morgan fingerprint density at radius 1 is 1.45 bits per heavy atom. The number of hydrogen-bond donors (Lipinski definition) is 0. The topological polar surface area (TPSA) is 33.0 Å². The van der Waals surface area contributed by atoms with E-state index >= 15 is 0 Å². The van der Waals surface area contributed by atoms with E-state index in [0.717, 1.165) is 32.5 Å². The van der Waals surface area contributed by atoms with Crippen LogP contribution in [0.5, 0.6) is 0 Å². The normalized spacial score (nSPS) is 30.2. The molecule has 1 saturated carbocycles. The minimum atomic E-state index is 0.0139. The summed E-state index contributed by atoms with van der Waals surface area (Å²) < 4.78 is 5.21. The fraction of sp³-hybridized carbons (Fsp3) is 0.889. The molecular weight excluding hydrogens is 138 g/mol. The SMILES string of the molecule is CCC1(C2(C#N)CC2)COC1. The van der Waals surface area contributed by atoms with Crippen LogP contribution in [-0.2, 0) is 4.74 Å². The zero-order chi connectivity index (χ0) is 7.95. The summed E-state index contributed by atoms with van der Waals surface area (Å²) in [6.45, 7) is 3.80. The van der Waals surface area contributed by atoms with E-state index in [-0.39, 0.29) is 10.8 Å². The zero-order valence-electron chi connectivity index (χ0n) is 6.89. The predicted molar refractivity (Wildman–Crippen MR) is 40.8 cm³/mol. The molecule has 0 unspecified atom stereocenters. The van der Waals surface area contributed by atoms with Crippen molar-refractivity contribution in [1.29, 1.82) is 5.26 Å². The van der Waals surface area contributed by atoms with Gasteiger partial charge >= 0.3 is 0 Å². The minimum absolute atomic E-state index is 0.0139. The Bertz CT molecular complexity index is 203. The molecule has 0 aromatic carbocycles. The smallest absolute Gasteiger partial charge is 0.0697 e. The summed E-state index contributed by atoms with van der Waals surface area (Å²) in [4.78, 5) is 0. The van der Waals surface area contributed by atoms with E-state index in [1.165, 1.54) is 0 Å². The molecule has 2 rings (SSSR count). The van der Waals surface area contributed by atoms with E-state index in [0.29, 0.717) is 0 Å². The van der Waals surface area contributed by atoms with Crippen LogP contribution in [0.1, 0.15) is 26.2 Å². The summed E-state index contributed by atoms with van der Waals surface area (Å²) in [6.07, 6.45) is 3.29. The van der Waals surface area contributed by atoms with Crippen molar-refractivity contribution >= 4 is 0 Å². The molecule has 11 heavy (non-hydrogen) atoms. The Kier molecular flexibility index (Phi) is 1.28. The maximum Gasteiger partial charge on any atom is 0.0697 e. The molecule has 1 aliphatic carbocycles. The molecule has 60 valence electrons. The van der Waals surface area contributed by atoms with Gasteiger partial charge in [0.2, 0.25) is 0 Å². The van der Waals surface area contributed by atoms with Crippen molar-refractivity contribution in [2.45, 2.75) is 26.2 Å². The largest absolute Gasteiger partial charge is 0.380 e. The van der Waals surface area contributed by atoms with Gasteiger partial charge in [0, 0.05) is 5.41 Å². The lowest BCUT2D eigenvalue weighted by atomic mass is 9.69. The highest BCUT2D eigenvalue weighted by Crippen LogP contribution is 2.62. The van der Waals surface area contributed by atoms with Gasteiger partial charge in [0.25, 0.3) is 0 Å². The standard InChI is InChI=1S/C9H13NO/c1-2-8(6-11-7-8)9(5-10)3-4-9/h2-4,6-7H2,1H3. The Morgan fingerprint density at radius 3 is 2.18 bits per heavy atom. The lowest BCUT2D eigenvalue weighted by Gasteiger charge is -2.44. The van der Waals surface area contributed by atoms with Gasteiger partial charge in [0.15, 0.2) is 0 Å². The van der Waals surface area contributed by atoms with E-state index < -0.39 is 0 Å². The van der Waals surface area contributed by atoms with Crippen LogP contribution in [0.4, 0.5) is 0 Å². The molecule has 2 fully saturated rings. The van der Waals surface area contributed by atoms with Crippen LogP contribution in [0, 0.1) is 22.2 Å². The first-order valence-electron chi connectivity index (χ1n) is 4.28. The molecule has 0 atom stereocenters. The quantitative estimate of drug-likeness (QED) is 0.602. The van der Waals surface area contributed by atoms with Crippen LogP contribution in [0.25, 0.3) is 0 Å². The molecule has 0 aromatic heterocycles. The average molecular weight is 151 g/mol. The van der Waals surface area contributed by atoms with Crippen molar-refractivity contribution in [1.82, 2.24) is 0 Å². The second kappa shape index (κ2) is 1.98. The van der Waals surface area contributed by atoms with Gasteiger partial charge in [-0.2, -0.15) is 5.26 Å². The van der Waals surface area contributed by atoms with Crippen molar-refractivity contribution in [3.8, 4) is 6.07 Å². The third-order valence-electron chi connectivity index (χ3n) is 3.41. The van der Waals surface area contributed by atoms with Crippen molar-refractivity contribution < 1.29 is 4.74 Å². The maximum atomic E-state index is 8.98. The molecule has 1 saturated heterocycles. The monoisotopic (exact) mass is 151 g/mol. The van der Waals surface area contributed by atoms with Crippen LogP contribution in [0.3, 0.4) is 0 Å². The third kappa shape index (κ3) is 0.696. The molecular formula is C9H13NO. The van der Waals surface area contributed by atoms with E-state index in [1.54, 1.807) is 0 Å². The van der Waals surface area contributed by atoms with E-state index in [4.69, 9.17) is 10.00 Å². The highest BCUT2D eigenvalue weighted by atomic mass is 16.5. The van der Waals surface area contributed by atoms with E-state index in [1.807, 2.05) is 0 Å². The zero-order valence-corrected chi connectivity index (χ0v) is 6.89. The molecule has 0 spiro atoms. The first kappa shape index (κ1) is 7.12.